The molecule has 0 amide bonds. The van der Waals surface area contributed by atoms with Crippen molar-refractivity contribution in [3.05, 3.63) is 42.9 Å². The van der Waals surface area contributed by atoms with Gasteiger partial charge >= 0.3 is 0 Å². The molecule has 0 aliphatic rings. The van der Waals surface area contributed by atoms with Gasteiger partial charge in [0, 0.05) is 34.8 Å². The Morgan fingerprint density at radius 2 is 2.05 bits per heavy atom. The normalized spacial score (nSPS) is 11.1. The van der Waals surface area contributed by atoms with Crippen molar-refractivity contribution in [2.75, 3.05) is 5.32 Å². The van der Waals surface area contributed by atoms with Crippen LogP contribution in [0.1, 0.15) is 13.8 Å². The zero-order valence-corrected chi connectivity index (χ0v) is 11.0. The van der Waals surface area contributed by atoms with Gasteiger partial charge in [0.15, 0.2) is 0 Å². The molecule has 0 unspecified atom stereocenters. The Morgan fingerprint density at radius 1 is 1.16 bits per heavy atom. The molecule has 2 heterocycles. The zero-order valence-electron chi connectivity index (χ0n) is 11.0. The van der Waals surface area contributed by atoms with E-state index in [1.165, 1.54) is 5.39 Å². The van der Waals surface area contributed by atoms with Crippen LogP contribution in [0.25, 0.3) is 22.2 Å². The molecule has 0 saturated carbocycles. The summed E-state index contributed by atoms with van der Waals surface area (Å²) in [6.45, 7) is 4.18. The predicted molar refractivity (Wildman–Crippen MR) is 78.1 cm³/mol. The van der Waals surface area contributed by atoms with Crippen LogP contribution in [0.5, 0.6) is 0 Å². The third-order valence-corrected chi connectivity index (χ3v) is 2.97. The summed E-state index contributed by atoms with van der Waals surface area (Å²) >= 11 is 0. The molecule has 4 nitrogen and oxygen atoms in total. The second-order valence-corrected chi connectivity index (χ2v) is 4.83. The number of H-pyrrole nitrogens is 1. The summed E-state index contributed by atoms with van der Waals surface area (Å²) in [6, 6.07) is 10.6. The second-order valence-electron chi connectivity index (χ2n) is 4.83. The van der Waals surface area contributed by atoms with Crippen LogP contribution in [0, 0.1) is 0 Å². The minimum atomic E-state index is 0.353. The Labute approximate surface area is 111 Å². The number of benzene rings is 1. The number of hydrogen-bond acceptors (Lipinski definition) is 3. The van der Waals surface area contributed by atoms with Gasteiger partial charge in [0.05, 0.1) is 5.69 Å². The molecule has 3 rings (SSSR count). The summed E-state index contributed by atoms with van der Waals surface area (Å²) in [7, 11) is 0. The Balaban J connectivity index is 2.08. The predicted octanol–water partition coefficient (Wildman–Crippen LogP) is 3.45. The molecule has 0 spiro atoms. The van der Waals surface area contributed by atoms with Crippen LogP contribution in [0.2, 0.25) is 0 Å². The number of aromatic nitrogens is 3. The van der Waals surface area contributed by atoms with Gasteiger partial charge < -0.3 is 10.3 Å². The maximum absolute atomic E-state index is 4.38. The first-order chi connectivity index (χ1) is 9.24. The van der Waals surface area contributed by atoms with Gasteiger partial charge in [-0.15, -0.1) is 0 Å². The van der Waals surface area contributed by atoms with Crippen LogP contribution in [0.4, 0.5) is 5.82 Å². The van der Waals surface area contributed by atoms with Crippen molar-refractivity contribution < 1.29 is 0 Å². The standard InChI is InChI=1S/C15H16N4/c1-10(2)19-15-8-14(17-9-18-15)11-4-3-5-13-12(11)6-7-16-13/h3-10,16H,1-2H3,(H,17,18,19). The van der Waals surface area contributed by atoms with Crippen molar-refractivity contribution in [3.8, 4) is 11.3 Å². The largest absolute Gasteiger partial charge is 0.368 e. The van der Waals surface area contributed by atoms with Crippen molar-refractivity contribution in [1.82, 2.24) is 15.0 Å². The number of hydrogen-bond donors (Lipinski definition) is 2. The third-order valence-electron chi connectivity index (χ3n) is 2.97. The number of nitrogens with one attached hydrogen (secondary N) is 2. The molecule has 0 radical (unpaired) electrons. The van der Waals surface area contributed by atoms with Crippen molar-refractivity contribution in [1.29, 1.82) is 0 Å². The van der Waals surface area contributed by atoms with E-state index < -0.39 is 0 Å². The van der Waals surface area contributed by atoms with Crippen LogP contribution < -0.4 is 5.32 Å². The molecule has 0 aliphatic carbocycles. The fourth-order valence-electron chi connectivity index (χ4n) is 2.19. The van der Waals surface area contributed by atoms with Gasteiger partial charge in [-0.3, -0.25) is 0 Å². The average Bonchev–Trinajstić information content (AvgIpc) is 2.86. The van der Waals surface area contributed by atoms with E-state index in [-0.39, 0.29) is 0 Å². The number of anilines is 1. The summed E-state index contributed by atoms with van der Waals surface area (Å²) in [6.07, 6.45) is 3.55. The first kappa shape index (κ1) is 11.7. The molecule has 4 heteroatoms. The van der Waals surface area contributed by atoms with Gasteiger partial charge in [-0.05, 0) is 26.0 Å². The maximum atomic E-state index is 4.38. The van der Waals surface area contributed by atoms with Gasteiger partial charge in [-0.2, -0.15) is 0 Å². The molecule has 3 aromatic rings. The Morgan fingerprint density at radius 3 is 2.89 bits per heavy atom. The summed E-state index contributed by atoms with van der Waals surface area (Å²) < 4.78 is 0. The molecule has 0 atom stereocenters. The highest BCUT2D eigenvalue weighted by atomic mass is 15.0. The molecule has 2 N–H and O–H groups in total. The summed E-state index contributed by atoms with van der Waals surface area (Å²) in [5.41, 5.74) is 3.17. The van der Waals surface area contributed by atoms with E-state index in [2.05, 4.69) is 52.3 Å². The van der Waals surface area contributed by atoms with E-state index >= 15 is 0 Å². The van der Waals surface area contributed by atoms with E-state index in [1.807, 2.05) is 18.3 Å². The van der Waals surface area contributed by atoms with Crippen LogP contribution in [-0.2, 0) is 0 Å². The highest BCUT2D eigenvalue weighted by Crippen LogP contribution is 2.27. The van der Waals surface area contributed by atoms with Crippen LogP contribution in [-0.4, -0.2) is 21.0 Å². The lowest BCUT2D eigenvalue weighted by atomic mass is 10.1. The molecule has 0 bridgehead atoms. The molecule has 96 valence electrons. The molecule has 2 aromatic heterocycles. The van der Waals surface area contributed by atoms with Crippen LogP contribution in [0.15, 0.2) is 42.9 Å². The van der Waals surface area contributed by atoms with E-state index in [4.69, 9.17) is 0 Å². The Bertz CT molecular complexity index is 700. The SMILES string of the molecule is CC(C)Nc1cc(-c2cccc3[nH]ccc23)ncn1. The molecule has 0 aliphatic heterocycles. The minimum Gasteiger partial charge on any atom is -0.368 e. The Hall–Kier alpha value is -2.36. The summed E-state index contributed by atoms with van der Waals surface area (Å²) in [4.78, 5) is 11.8. The lowest BCUT2D eigenvalue weighted by Gasteiger charge is -2.10. The smallest absolute Gasteiger partial charge is 0.130 e. The van der Waals surface area contributed by atoms with Crippen molar-refractivity contribution in [2.45, 2.75) is 19.9 Å². The number of fused-ring (bicyclic) bond motifs is 1. The lowest BCUT2D eigenvalue weighted by Crippen LogP contribution is -2.11. The van der Waals surface area contributed by atoms with Gasteiger partial charge in [0.25, 0.3) is 0 Å². The highest BCUT2D eigenvalue weighted by molar-refractivity contribution is 5.94. The second kappa shape index (κ2) is 4.72. The summed E-state index contributed by atoms with van der Waals surface area (Å²) in [5, 5.41) is 4.48. The minimum absolute atomic E-state index is 0.353. The molecule has 1 aromatic carbocycles. The molecule has 0 saturated heterocycles. The molecular formula is C15H16N4. The average molecular weight is 252 g/mol. The van der Waals surface area contributed by atoms with E-state index in [0.29, 0.717) is 6.04 Å². The van der Waals surface area contributed by atoms with E-state index in [0.717, 1.165) is 22.6 Å². The van der Waals surface area contributed by atoms with E-state index in [1.54, 1.807) is 6.33 Å². The third kappa shape index (κ3) is 2.29. The van der Waals surface area contributed by atoms with Gasteiger partial charge in [-0.1, -0.05) is 12.1 Å². The topological polar surface area (TPSA) is 53.6 Å². The molecule has 19 heavy (non-hydrogen) atoms. The number of nitrogens with zero attached hydrogens (tertiary/aromatic N) is 2. The first-order valence-electron chi connectivity index (χ1n) is 6.39. The zero-order chi connectivity index (χ0) is 13.2. The van der Waals surface area contributed by atoms with Crippen molar-refractivity contribution in [2.24, 2.45) is 0 Å². The maximum Gasteiger partial charge on any atom is 0.130 e. The van der Waals surface area contributed by atoms with Gasteiger partial charge in [0.1, 0.15) is 12.1 Å². The van der Waals surface area contributed by atoms with Crippen LogP contribution in [0.3, 0.4) is 0 Å². The van der Waals surface area contributed by atoms with Gasteiger partial charge in [-0.25, -0.2) is 9.97 Å². The first-order valence-corrected chi connectivity index (χ1v) is 6.39. The summed E-state index contributed by atoms with van der Waals surface area (Å²) in [5.74, 6) is 0.854. The monoisotopic (exact) mass is 252 g/mol. The van der Waals surface area contributed by atoms with Crippen molar-refractivity contribution >= 4 is 16.7 Å². The number of aromatic amines is 1. The Kier molecular flexibility index (Phi) is 2.91. The molecular weight excluding hydrogens is 236 g/mol. The quantitative estimate of drug-likeness (QED) is 0.750. The number of rotatable bonds is 3. The lowest BCUT2D eigenvalue weighted by molar-refractivity contribution is 0.886. The highest BCUT2D eigenvalue weighted by Gasteiger charge is 2.07. The molecule has 0 fully saturated rings. The van der Waals surface area contributed by atoms with Crippen molar-refractivity contribution in [3.63, 3.8) is 0 Å². The van der Waals surface area contributed by atoms with E-state index in [9.17, 15) is 0 Å². The fourth-order valence-corrected chi connectivity index (χ4v) is 2.19. The van der Waals surface area contributed by atoms with Gasteiger partial charge in [0.2, 0.25) is 0 Å². The van der Waals surface area contributed by atoms with Crippen LogP contribution >= 0.6 is 0 Å². The fraction of sp³-hybridized carbons (Fsp3) is 0.200.